The van der Waals surface area contributed by atoms with Gasteiger partial charge in [-0.1, -0.05) is 6.07 Å². The molecule has 0 radical (unpaired) electrons. The van der Waals surface area contributed by atoms with Crippen molar-refractivity contribution < 1.29 is 4.79 Å². The van der Waals surface area contributed by atoms with Crippen LogP contribution in [-0.4, -0.2) is 40.4 Å². The van der Waals surface area contributed by atoms with E-state index in [-0.39, 0.29) is 5.91 Å². The number of pyridine rings is 2. The Hall–Kier alpha value is -2.43. The highest BCUT2D eigenvalue weighted by Crippen LogP contribution is 2.18. The first kappa shape index (κ1) is 16.4. The maximum atomic E-state index is 12.7. The van der Waals surface area contributed by atoms with Crippen LogP contribution in [0.3, 0.4) is 0 Å². The van der Waals surface area contributed by atoms with Gasteiger partial charge in [-0.25, -0.2) is 4.98 Å². The van der Waals surface area contributed by atoms with Gasteiger partial charge in [0, 0.05) is 37.7 Å². The van der Waals surface area contributed by atoms with Gasteiger partial charge < -0.3 is 10.2 Å². The molecule has 126 valence electrons. The van der Waals surface area contributed by atoms with Gasteiger partial charge >= 0.3 is 0 Å². The van der Waals surface area contributed by atoms with E-state index < -0.39 is 0 Å². The molecule has 0 aromatic carbocycles. The van der Waals surface area contributed by atoms with Crippen LogP contribution in [0, 0.1) is 6.92 Å². The number of carbonyl (C=O) groups excluding carboxylic acids is 1. The Bertz CT molecular complexity index is 678. The number of nitrogens with zero attached hydrogens (tertiary/aromatic N) is 3. The molecule has 3 heterocycles. The molecule has 0 atom stereocenters. The quantitative estimate of drug-likeness (QED) is 0.918. The molecular weight excluding hydrogens is 300 g/mol. The van der Waals surface area contributed by atoms with Gasteiger partial charge in [-0.05, 0) is 56.4 Å². The summed E-state index contributed by atoms with van der Waals surface area (Å²) >= 11 is 0. The lowest BCUT2D eigenvalue weighted by Gasteiger charge is -2.27. The zero-order chi connectivity index (χ0) is 16.8. The molecule has 1 saturated heterocycles. The second-order valence-electron chi connectivity index (χ2n) is 6.24. The summed E-state index contributed by atoms with van der Waals surface area (Å²) in [5.74, 6) is 0.760. The van der Waals surface area contributed by atoms with Gasteiger partial charge in [-0.3, -0.25) is 9.78 Å². The van der Waals surface area contributed by atoms with Crippen LogP contribution in [0.4, 0.5) is 5.82 Å². The first-order valence-corrected chi connectivity index (χ1v) is 8.64. The van der Waals surface area contributed by atoms with Crippen molar-refractivity contribution in [3.8, 4) is 0 Å². The van der Waals surface area contributed by atoms with E-state index in [1.807, 2.05) is 36.2 Å². The van der Waals surface area contributed by atoms with E-state index in [2.05, 4.69) is 21.4 Å². The minimum absolute atomic E-state index is 0.0855. The van der Waals surface area contributed by atoms with Gasteiger partial charge in [0.15, 0.2) is 0 Å². The normalized spacial score (nSPS) is 14.5. The van der Waals surface area contributed by atoms with Crippen LogP contribution in [-0.2, 0) is 6.42 Å². The van der Waals surface area contributed by atoms with Crippen LogP contribution in [0.2, 0.25) is 0 Å². The lowest BCUT2D eigenvalue weighted by Crippen LogP contribution is -2.36. The molecule has 1 N–H and O–H groups in total. The standard InChI is InChI=1S/C19H24N4O/c1-15-7-8-16(14-22-15)9-11-21-18-17(6-5-10-20-18)19(24)23-12-3-2-4-13-23/h5-8,10,14H,2-4,9,11-13H2,1H3,(H,20,21). The molecule has 0 bridgehead atoms. The van der Waals surface area contributed by atoms with E-state index in [1.165, 1.54) is 12.0 Å². The number of carbonyl (C=O) groups is 1. The predicted molar refractivity (Wildman–Crippen MR) is 95.2 cm³/mol. The monoisotopic (exact) mass is 324 g/mol. The molecule has 24 heavy (non-hydrogen) atoms. The maximum Gasteiger partial charge on any atom is 0.257 e. The predicted octanol–water partition coefficient (Wildman–Crippen LogP) is 3.07. The molecule has 0 unspecified atom stereocenters. The first-order chi connectivity index (χ1) is 11.7. The summed E-state index contributed by atoms with van der Waals surface area (Å²) in [5.41, 5.74) is 2.86. The lowest BCUT2D eigenvalue weighted by atomic mass is 10.1. The van der Waals surface area contributed by atoms with E-state index in [0.29, 0.717) is 11.4 Å². The minimum atomic E-state index is 0.0855. The first-order valence-electron chi connectivity index (χ1n) is 8.64. The molecule has 0 spiro atoms. The summed E-state index contributed by atoms with van der Waals surface area (Å²) in [5, 5.41) is 3.31. The zero-order valence-electron chi connectivity index (χ0n) is 14.2. The van der Waals surface area contributed by atoms with Crippen LogP contribution in [0.15, 0.2) is 36.7 Å². The summed E-state index contributed by atoms with van der Waals surface area (Å²) in [6.45, 7) is 4.40. The molecule has 0 aliphatic carbocycles. The number of aryl methyl sites for hydroxylation is 1. The van der Waals surface area contributed by atoms with Crippen molar-refractivity contribution in [3.63, 3.8) is 0 Å². The maximum absolute atomic E-state index is 12.7. The van der Waals surface area contributed by atoms with Crippen LogP contribution in [0.25, 0.3) is 0 Å². The molecule has 2 aromatic rings. The Morgan fingerprint density at radius 1 is 1.17 bits per heavy atom. The second-order valence-corrected chi connectivity index (χ2v) is 6.24. The van der Waals surface area contributed by atoms with Crippen molar-refractivity contribution in [2.24, 2.45) is 0 Å². The number of aromatic nitrogens is 2. The van der Waals surface area contributed by atoms with Crippen molar-refractivity contribution >= 4 is 11.7 Å². The third-order valence-electron chi connectivity index (χ3n) is 4.36. The Morgan fingerprint density at radius 2 is 2.00 bits per heavy atom. The van der Waals surface area contributed by atoms with E-state index in [1.54, 1.807) is 6.20 Å². The Morgan fingerprint density at radius 3 is 2.75 bits per heavy atom. The average molecular weight is 324 g/mol. The van der Waals surface area contributed by atoms with Gasteiger partial charge in [-0.2, -0.15) is 0 Å². The fourth-order valence-corrected chi connectivity index (χ4v) is 2.96. The Balaban J connectivity index is 1.63. The summed E-state index contributed by atoms with van der Waals surface area (Å²) in [6, 6.07) is 7.79. The highest BCUT2D eigenvalue weighted by atomic mass is 16.2. The number of piperidine rings is 1. The van der Waals surface area contributed by atoms with Crippen molar-refractivity contribution in [3.05, 3.63) is 53.5 Å². The van der Waals surface area contributed by atoms with E-state index in [0.717, 1.165) is 44.6 Å². The molecule has 5 heteroatoms. The van der Waals surface area contributed by atoms with Gasteiger partial charge in [0.2, 0.25) is 0 Å². The minimum Gasteiger partial charge on any atom is -0.369 e. The van der Waals surface area contributed by atoms with E-state index in [4.69, 9.17) is 0 Å². The van der Waals surface area contributed by atoms with E-state index in [9.17, 15) is 4.79 Å². The second kappa shape index (κ2) is 7.90. The van der Waals surface area contributed by atoms with Gasteiger partial charge in [0.25, 0.3) is 5.91 Å². The van der Waals surface area contributed by atoms with Crippen molar-refractivity contribution in [1.29, 1.82) is 0 Å². The number of amides is 1. The number of likely N-dealkylation sites (tertiary alicyclic amines) is 1. The lowest BCUT2D eigenvalue weighted by molar-refractivity contribution is 0.0725. The average Bonchev–Trinajstić information content (AvgIpc) is 2.64. The summed E-state index contributed by atoms with van der Waals surface area (Å²) in [4.78, 5) is 23.3. The molecule has 3 rings (SSSR count). The molecule has 1 fully saturated rings. The Kier molecular flexibility index (Phi) is 5.41. The molecule has 1 aliphatic heterocycles. The largest absolute Gasteiger partial charge is 0.369 e. The number of hydrogen-bond donors (Lipinski definition) is 1. The Labute approximate surface area is 143 Å². The zero-order valence-corrected chi connectivity index (χ0v) is 14.2. The van der Waals surface area contributed by atoms with Crippen LogP contribution in [0.5, 0.6) is 0 Å². The molecule has 0 saturated carbocycles. The third-order valence-corrected chi connectivity index (χ3v) is 4.36. The number of hydrogen-bond acceptors (Lipinski definition) is 4. The van der Waals surface area contributed by atoms with Gasteiger partial charge in [0.05, 0.1) is 5.56 Å². The number of nitrogens with one attached hydrogen (secondary N) is 1. The number of anilines is 1. The molecule has 2 aromatic heterocycles. The molecular formula is C19H24N4O. The van der Waals surface area contributed by atoms with Crippen LogP contribution < -0.4 is 5.32 Å². The number of rotatable bonds is 5. The summed E-state index contributed by atoms with van der Waals surface area (Å²) in [6.07, 6.45) is 7.87. The van der Waals surface area contributed by atoms with Crippen LogP contribution >= 0.6 is 0 Å². The van der Waals surface area contributed by atoms with Gasteiger partial charge in [-0.15, -0.1) is 0 Å². The summed E-state index contributed by atoms with van der Waals surface area (Å²) in [7, 11) is 0. The van der Waals surface area contributed by atoms with E-state index >= 15 is 0 Å². The van der Waals surface area contributed by atoms with Crippen LogP contribution in [0.1, 0.15) is 40.9 Å². The molecule has 1 amide bonds. The van der Waals surface area contributed by atoms with Crippen molar-refractivity contribution in [2.45, 2.75) is 32.6 Å². The van der Waals surface area contributed by atoms with Crippen molar-refractivity contribution in [2.75, 3.05) is 25.0 Å². The van der Waals surface area contributed by atoms with Crippen molar-refractivity contribution in [1.82, 2.24) is 14.9 Å². The SMILES string of the molecule is Cc1ccc(CCNc2ncccc2C(=O)N2CCCCC2)cn1. The highest BCUT2D eigenvalue weighted by molar-refractivity contribution is 5.98. The fraction of sp³-hybridized carbons (Fsp3) is 0.421. The fourth-order valence-electron chi connectivity index (χ4n) is 2.96. The highest BCUT2D eigenvalue weighted by Gasteiger charge is 2.21. The molecule has 1 aliphatic rings. The molecule has 5 nitrogen and oxygen atoms in total. The van der Waals surface area contributed by atoms with Gasteiger partial charge in [0.1, 0.15) is 5.82 Å². The summed E-state index contributed by atoms with van der Waals surface area (Å²) < 4.78 is 0. The third kappa shape index (κ3) is 4.10. The smallest absolute Gasteiger partial charge is 0.257 e. The topological polar surface area (TPSA) is 58.1 Å².